The molecule has 3 rings (SSSR count). The first kappa shape index (κ1) is 17.0. The highest BCUT2D eigenvalue weighted by Crippen LogP contribution is 2.24. The highest BCUT2D eigenvalue weighted by atomic mass is 16.5. The van der Waals surface area contributed by atoms with Gasteiger partial charge < -0.3 is 15.4 Å². The van der Waals surface area contributed by atoms with Crippen LogP contribution in [0.5, 0.6) is 11.6 Å². The number of hydrogen-bond donors (Lipinski definition) is 2. The van der Waals surface area contributed by atoms with Crippen LogP contribution in [0.1, 0.15) is 29.5 Å². The third-order valence-corrected chi connectivity index (χ3v) is 4.13. The lowest BCUT2D eigenvalue weighted by molar-refractivity contribution is -0.125. The summed E-state index contributed by atoms with van der Waals surface area (Å²) in [7, 11) is 0. The zero-order chi connectivity index (χ0) is 17.8. The Bertz CT molecular complexity index is 787. The monoisotopic (exact) mass is 339 g/mol. The number of aromatic nitrogens is 1. The number of aryl methyl sites for hydroxylation is 2. The number of hydrogen-bond acceptors (Lipinski definition) is 4. The largest absolute Gasteiger partial charge is 0.439 e. The Hall–Kier alpha value is -2.89. The summed E-state index contributed by atoms with van der Waals surface area (Å²) < 4.78 is 5.82. The third-order valence-electron chi connectivity index (χ3n) is 4.13. The van der Waals surface area contributed by atoms with Gasteiger partial charge >= 0.3 is 0 Å². The highest BCUT2D eigenvalue weighted by molar-refractivity contribution is 5.90. The third kappa shape index (κ3) is 4.35. The van der Waals surface area contributed by atoms with E-state index in [9.17, 15) is 9.59 Å². The lowest BCUT2D eigenvalue weighted by atomic mass is 10.1. The second-order valence-electron chi connectivity index (χ2n) is 6.25. The van der Waals surface area contributed by atoms with Crippen LogP contribution in [0.2, 0.25) is 0 Å². The fourth-order valence-corrected chi connectivity index (χ4v) is 2.63. The topological polar surface area (TPSA) is 80.3 Å². The molecule has 0 radical (unpaired) electrons. The molecule has 1 aromatic heterocycles. The van der Waals surface area contributed by atoms with Crippen LogP contribution < -0.4 is 15.4 Å². The maximum atomic E-state index is 12.0. The molecule has 1 aliphatic rings. The van der Waals surface area contributed by atoms with Crippen LogP contribution in [-0.4, -0.2) is 22.8 Å². The second-order valence-corrected chi connectivity index (χ2v) is 6.25. The van der Waals surface area contributed by atoms with E-state index in [1.807, 2.05) is 38.1 Å². The van der Waals surface area contributed by atoms with E-state index in [0.717, 1.165) is 22.4 Å². The number of ether oxygens (including phenoxy) is 1. The van der Waals surface area contributed by atoms with Crippen LogP contribution >= 0.6 is 0 Å². The van der Waals surface area contributed by atoms with Crippen LogP contribution in [0.15, 0.2) is 36.5 Å². The number of rotatable bonds is 5. The van der Waals surface area contributed by atoms with E-state index >= 15 is 0 Å². The molecule has 0 aliphatic carbocycles. The number of nitrogens with zero attached hydrogens (tertiary/aromatic N) is 1. The predicted molar refractivity (Wildman–Crippen MR) is 93.2 cm³/mol. The summed E-state index contributed by atoms with van der Waals surface area (Å²) in [6, 6.07) is 9.24. The van der Waals surface area contributed by atoms with Gasteiger partial charge in [-0.25, -0.2) is 4.98 Å². The van der Waals surface area contributed by atoms with Crippen molar-refractivity contribution in [2.75, 3.05) is 0 Å². The van der Waals surface area contributed by atoms with E-state index in [1.54, 1.807) is 12.3 Å². The van der Waals surface area contributed by atoms with Crippen molar-refractivity contribution >= 4 is 11.8 Å². The summed E-state index contributed by atoms with van der Waals surface area (Å²) >= 11 is 0. The maximum absolute atomic E-state index is 12.0. The van der Waals surface area contributed by atoms with Crippen LogP contribution in [0.3, 0.4) is 0 Å². The van der Waals surface area contributed by atoms with E-state index in [1.165, 1.54) is 0 Å². The van der Waals surface area contributed by atoms with Gasteiger partial charge in [-0.05, 0) is 43.0 Å². The van der Waals surface area contributed by atoms with Crippen LogP contribution in [0.4, 0.5) is 0 Å². The van der Waals surface area contributed by atoms with Gasteiger partial charge in [-0.3, -0.25) is 9.59 Å². The van der Waals surface area contributed by atoms with Crippen molar-refractivity contribution in [3.63, 3.8) is 0 Å². The first-order valence-electron chi connectivity index (χ1n) is 8.28. The number of benzene rings is 1. The molecule has 6 heteroatoms. The first-order chi connectivity index (χ1) is 12.0. The number of amides is 2. The van der Waals surface area contributed by atoms with Gasteiger partial charge in [0, 0.05) is 25.2 Å². The van der Waals surface area contributed by atoms with Crippen molar-refractivity contribution in [2.45, 2.75) is 39.3 Å². The van der Waals surface area contributed by atoms with E-state index in [2.05, 4.69) is 15.6 Å². The minimum atomic E-state index is -0.424. The average Bonchev–Trinajstić information content (AvgIpc) is 3.04. The summed E-state index contributed by atoms with van der Waals surface area (Å²) in [4.78, 5) is 27.4. The van der Waals surface area contributed by atoms with Gasteiger partial charge in [-0.15, -0.1) is 0 Å². The zero-order valence-electron chi connectivity index (χ0n) is 14.3. The zero-order valence-corrected chi connectivity index (χ0v) is 14.3. The van der Waals surface area contributed by atoms with E-state index in [4.69, 9.17) is 4.74 Å². The van der Waals surface area contributed by atoms with Gasteiger partial charge in [0.25, 0.3) is 0 Å². The molecule has 1 aromatic carbocycles. The summed E-state index contributed by atoms with van der Waals surface area (Å²) in [6.07, 6.45) is 2.63. The lowest BCUT2D eigenvalue weighted by Crippen LogP contribution is -2.41. The van der Waals surface area contributed by atoms with Crippen molar-refractivity contribution in [3.8, 4) is 11.6 Å². The molecule has 0 unspecified atom stereocenters. The molecule has 2 amide bonds. The molecule has 25 heavy (non-hydrogen) atoms. The average molecular weight is 339 g/mol. The summed E-state index contributed by atoms with van der Waals surface area (Å²) in [5.41, 5.74) is 3.03. The quantitative estimate of drug-likeness (QED) is 0.876. The van der Waals surface area contributed by atoms with E-state index < -0.39 is 6.04 Å². The van der Waals surface area contributed by atoms with Gasteiger partial charge in [0.1, 0.15) is 11.8 Å². The first-order valence-corrected chi connectivity index (χ1v) is 8.28. The SMILES string of the molecule is Cc1ccc(C)c(Oc2ccc(CNC(=O)[C@H]3CCC(=O)N3)cn2)c1. The molecule has 0 saturated carbocycles. The maximum Gasteiger partial charge on any atom is 0.242 e. The number of nitrogens with one attached hydrogen (secondary N) is 2. The van der Waals surface area contributed by atoms with Crippen molar-refractivity contribution in [1.29, 1.82) is 0 Å². The molecule has 1 atom stereocenters. The minimum Gasteiger partial charge on any atom is -0.439 e. The number of pyridine rings is 1. The Balaban J connectivity index is 1.56. The summed E-state index contributed by atoms with van der Waals surface area (Å²) in [5.74, 6) is 1.05. The Morgan fingerprint density at radius 3 is 2.84 bits per heavy atom. The molecule has 2 aromatic rings. The van der Waals surface area contributed by atoms with Crippen molar-refractivity contribution in [2.24, 2.45) is 0 Å². The van der Waals surface area contributed by atoms with Crippen LogP contribution in [-0.2, 0) is 16.1 Å². The minimum absolute atomic E-state index is 0.0743. The van der Waals surface area contributed by atoms with Gasteiger partial charge in [0.15, 0.2) is 0 Å². The normalized spacial score (nSPS) is 16.4. The highest BCUT2D eigenvalue weighted by Gasteiger charge is 2.26. The molecule has 2 heterocycles. The number of carbonyl (C=O) groups is 2. The Morgan fingerprint density at radius 2 is 2.16 bits per heavy atom. The molecule has 1 aliphatic heterocycles. The molecule has 130 valence electrons. The molecular weight excluding hydrogens is 318 g/mol. The van der Waals surface area contributed by atoms with Crippen molar-refractivity contribution in [1.82, 2.24) is 15.6 Å². The van der Waals surface area contributed by atoms with Crippen LogP contribution in [0.25, 0.3) is 0 Å². The molecular formula is C19H21N3O3. The van der Waals surface area contributed by atoms with Crippen molar-refractivity contribution < 1.29 is 14.3 Å². The second kappa shape index (κ2) is 7.34. The van der Waals surface area contributed by atoms with Gasteiger partial charge in [0.05, 0.1) is 0 Å². The molecule has 2 N–H and O–H groups in total. The summed E-state index contributed by atoms with van der Waals surface area (Å²) in [5, 5.41) is 5.46. The van der Waals surface area contributed by atoms with E-state index in [0.29, 0.717) is 25.3 Å². The molecule has 0 bridgehead atoms. The molecule has 6 nitrogen and oxygen atoms in total. The molecule has 1 fully saturated rings. The predicted octanol–water partition coefficient (Wildman–Crippen LogP) is 2.39. The molecule has 1 saturated heterocycles. The van der Waals surface area contributed by atoms with Gasteiger partial charge in [0.2, 0.25) is 17.7 Å². The van der Waals surface area contributed by atoms with Gasteiger partial charge in [-0.1, -0.05) is 18.2 Å². The molecule has 0 spiro atoms. The number of carbonyl (C=O) groups excluding carboxylic acids is 2. The smallest absolute Gasteiger partial charge is 0.242 e. The van der Waals surface area contributed by atoms with Crippen LogP contribution in [0, 0.1) is 13.8 Å². The van der Waals surface area contributed by atoms with Crippen molar-refractivity contribution in [3.05, 3.63) is 53.2 Å². The fourth-order valence-electron chi connectivity index (χ4n) is 2.63. The van der Waals surface area contributed by atoms with E-state index in [-0.39, 0.29) is 11.8 Å². The fraction of sp³-hybridized carbons (Fsp3) is 0.316. The summed E-state index contributed by atoms with van der Waals surface area (Å²) in [6.45, 7) is 4.36. The lowest BCUT2D eigenvalue weighted by Gasteiger charge is -2.11. The Morgan fingerprint density at radius 1 is 1.32 bits per heavy atom. The Labute approximate surface area is 146 Å². The standard InChI is InChI=1S/C19H21N3O3/c1-12-3-4-13(2)16(9-12)25-18-8-5-14(10-20-18)11-21-19(24)15-6-7-17(23)22-15/h3-5,8-10,15H,6-7,11H2,1-2H3,(H,21,24)(H,22,23)/t15-/m1/s1. The Kier molecular flexibility index (Phi) is 4.97. The van der Waals surface area contributed by atoms with Gasteiger partial charge in [-0.2, -0.15) is 0 Å².